The van der Waals surface area contributed by atoms with Gasteiger partial charge in [0.15, 0.2) is 0 Å². The van der Waals surface area contributed by atoms with Crippen molar-refractivity contribution in [3.05, 3.63) is 24.3 Å². The number of anilines is 1. The molecule has 0 aliphatic rings. The molecule has 0 unspecified atom stereocenters. The van der Waals surface area contributed by atoms with E-state index in [1.807, 2.05) is 24.5 Å². The molecule has 0 aliphatic carbocycles. The Morgan fingerprint density at radius 1 is 1.53 bits per heavy atom. The number of nitrogens with zero attached hydrogens (tertiary/aromatic N) is 1. The average Bonchev–Trinajstić information content (AvgIpc) is 2.29. The molecule has 0 heterocycles. The number of thioether (sulfide) groups is 1. The van der Waals surface area contributed by atoms with E-state index in [0.717, 1.165) is 5.69 Å². The van der Waals surface area contributed by atoms with E-state index >= 15 is 0 Å². The molecule has 0 radical (unpaired) electrons. The zero-order valence-corrected chi connectivity index (χ0v) is 9.42. The van der Waals surface area contributed by atoms with Crippen molar-refractivity contribution >= 4 is 23.3 Å². The molecule has 0 atom stereocenters. The lowest BCUT2D eigenvalue weighted by Crippen LogP contribution is -2.16. The summed E-state index contributed by atoms with van der Waals surface area (Å²) in [5.41, 5.74) is 6.44. The summed E-state index contributed by atoms with van der Waals surface area (Å²) in [5.74, 6) is 0.240. The zero-order chi connectivity index (χ0) is 11.1. The molecular weight excluding hydrogens is 210 g/mol. The number of para-hydroxylation sites is 1. The van der Waals surface area contributed by atoms with Gasteiger partial charge in [0, 0.05) is 23.5 Å². The molecule has 0 aliphatic heterocycles. The third-order valence-corrected chi connectivity index (χ3v) is 2.73. The fourth-order valence-electron chi connectivity index (χ4n) is 1.17. The number of hydrogen-bond acceptors (Lipinski definition) is 4. The minimum atomic E-state index is 0.240. The molecule has 0 saturated carbocycles. The smallest absolute Gasteiger partial charge is 0.140 e. The molecule has 4 nitrogen and oxygen atoms in total. The number of benzene rings is 1. The molecule has 0 amide bonds. The van der Waals surface area contributed by atoms with Crippen LogP contribution >= 0.6 is 11.8 Å². The molecule has 15 heavy (non-hydrogen) atoms. The van der Waals surface area contributed by atoms with Crippen LogP contribution in [0.15, 0.2) is 34.3 Å². The van der Waals surface area contributed by atoms with E-state index in [0.29, 0.717) is 13.0 Å². The minimum absolute atomic E-state index is 0.240. The second-order valence-electron chi connectivity index (χ2n) is 2.97. The number of oxime groups is 1. The summed E-state index contributed by atoms with van der Waals surface area (Å²) in [5, 5.41) is 14.5. The summed E-state index contributed by atoms with van der Waals surface area (Å²) in [4.78, 5) is 1.19. The van der Waals surface area contributed by atoms with E-state index in [1.54, 1.807) is 11.8 Å². The Kier molecular flexibility index (Phi) is 4.83. The highest BCUT2D eigenvalue weighted by atomic mass is 32.2. The molecule has 4 N–H and O–H groups in total. The van der Waals surface area contributed by atoms with Gasteiger partial charge in [0.1, 0.15) is 5.84 Å². The van der Waals surface area contributed by atoms with E-state index in [-0.39, 0.29) is 5.84 Å². The maximum atomic E-state index is 8.36. The first-order valence-corrected chi connectivity index (χ1v) is 5.83. The van der Waals surface area contributed by atoms with Crippen LogP contribution in [0.25, 0.3) is 0 Å². The molecule has 0 aromatic heterocycles. The van der Waals surface area contributed by atoms with Crippen molar-refractivity contribution < 1.29 is 5.21 Å². The first-order chi connectivity index (χ1) is 7.27. The summed E-state index contributed by atoms with van der Waals surface area (Å²) in [6.45, 7) is 0.660. The first-order valence-electron chi connectivity index (χ1n) is 4.61. The summed E-state index contributed by atoms with van der Waals surface area (Å²) >= 11 is 1.69. The highest BCUT2D eigenvalue weighted by Gasteiger charge is 1.99. The Morgan fingerprint density at radius 3 is 2.93 bits per heavy atom. The Morgan fingerprint density at radius 2 is 2.27 bits per heavy atom. The number of nitrogens with one attached hydrogen (secondary N) is 1. The lowest BCUT2D eigenvalue weighted by atomic mass is 10.3. The summed E-state index contributed by atoms with van der Waals surface area (Å²) in [7, 11) is 0. The van der Waals surface area contributed by atoms with Crippen molar-refractivity contribution in [3.8, 4) is 0 Å². The minimum Gasteiger partial charge on any atom is -0.409 e. The largest absolute Gasteiger partial charge is 0.409 e. The van der Waals surface area contributed by atoms with Crippen molar-refractivity contribution in [1.82, 2.24) is 0 Å². The quantitative estimate of drug-likeness (QED) is 0.235. The molecule has 0 fully saturated rings. The molecule has 1 rings (SSSR count). The van der Waals surface area contributed by atoms with Gasteiger partial charge in [0.25, 0.3) is 0 Å². The third kappa shape index (κ3) is 3.71. The lowest BCUT2D eigenvalue weighted by Gasteiger charge is -2.09. The van der Waals surface area contributed by atoms with Crippen molar-refractivity contribution in [1.29, 1.82) is 0 Å². The average molecular weight is 225 g/mol. The predicted octanol–water partition coefficient (Wildman–Crippen LogP) is 1.96. The maximum absolute atomic E-state index is 8.36. The van der Waals surface area contributed by atoms with Gasteiger partial charge in [-0.05, 0) is 18.4 Å². The molecule has 82 valence electrons. The normalized spacial score (nSPS) is 11.4. The van der Waals surface area contributed by atoms with Gasteiger partial charge in [-0.2, -0.15) is 0 Å². The molecule has 0 saturated heterocycles. The van der Waals surface area contributed by atoms with Crippen molar-refractivity contribution in [2.75, 3.05) is 18.1 Å². The second-order valence-corrected chi connectivity index (χ2v) is 3.82. The molecule has 0 bridgehead atoms. The van der Waals surface area contributed by atoms with Crippen LogP contribution in [0.1, 0.15) is 6.42 Å². The summed E-state index contributed by atoms with van der Waals surface area (Å²) < 4.78 is 0. The van der Waals surface area contributed by atoms with Crippen LogP contribution in [0.2, 0.25) is 0 Å². The lowest BCUT2D eigenvalue weighted by molar-refractivity contribution is 0.317. The van der Waals surface area contributed by atoms with Crippen LogP contribution in [0.4, 0.5) is 5.69 Å². The zero-order valence-electron chi connectivity index (χ0n) is 8.60. The van der Waals surface area contributed by atoms with Crippen LogP contribution in [0, 0.1) is 0 Å². The van der Waals surface area contributed by atoms with E-state index in [4.69, 9.17) is 10.9 Å². The predicted molar refractivity (Wildman–Crippen MR) is 64.7 cm³/mol. The fourth-order valence-corrected chi connectivity index (χ4v) is 1.74. The van der Waals surface area contributed by atoms with Crippen LogP contribution < -0.4 is 11.1 Å². The first kappa shape index (κ1) is 11.7. The summed E-state index contributed by atoms with van der Waals surface area (Å²) in [6.07, 6.45) is 2.56. The molecule has 5 heteroatoms. The van der Waals surface area contributed by atoms with Gasteiger partial charge in [-0.15, -0.1) is 11.8 Å². The van der Waals surface area contributed by atoms with Crippen molar-refractivity contribution in [2.24, 2.45) is 10.9 Å². The van der Waals surface area contributed by atoms with Gasteiger partial charge < -0.3 is 16.3 Å². The SMILES string of the molecule is CSc1ccccc1NCC/C(N)=N/O. The Labute approximate surface area is 93.5 Å². The monoisotopic (exact) mass is 225 g/mol. The van der Waals surface area contributed by atoms with Gasteiger partial charge in [0.2, 0.25) is 0 Å². The van der Waals surface area contributed by atoms with Crippen molar-refractivity contribution in [2.45, 2.75) is 11.3 Å². The van der Waals surface area contributed by atoms with Crippen LogP contribution in [-0.2, 0) is 0 Å². The van der Waals surface area contributed by atoms with Gasteiger partial charge in [-0.25, -0.2) is 0 Å². The molecular formula is C10H15N3OS. The van der Waals surface area contributed by atoms with Crippen LogP contribution in [0.5, 0.6) is 0 Å². The van der Waals surface area contributed by atoms with Gasteiger partial charge in [0.05, 0.1) is 0 Å². The summed E-state index contributed by atoms with van der Waals surface area (Å²) in [6, 6.07) is 8.04. The van der Waals surface area contributed by atoms with E-state index in [2.05, 4.69) is 16.5 Å². The third-order valence-electron chi connectivity index (χ3n) is 1.93. The maximum Gasteiger partial charge on any atom is 0.140 e. The van der Waals surface area contributed by atoms with E-state index in [1.165, 1.54) is 4.90 Å². The van der Waals surface area contributed by atoms with E-state index < -0.39 is 0 Å². The standard InChI is InChI=1S/C10H15N3OS/c1-15-9-5-3-2-4-8(9)12-7-6-10(11)13-14/h2-5,12,14H,6-7H2,1H3,(H2,11,13). The van der Waals surface area contributed by atoms with Gasteiger partial charge in [-0.3, -0.25) is 0 Å². The Bertz CT molecular complexity index is 341. The van der Waals surface area contributed by atoms with Crippen molar-refractivity contribution in [3.63, 3.8) is 0 Å². The van der Waals surface area contributed by atoms with Crippen LogP contribution in [0.3, 0.4) is 0 Å². The second kappa shape index (κ2) is 6.19. The van der Waals surface area contributed by atoms with Crippen LogP contribution in [-0.4, -0.2) is 23.8 Å². The Balaban J connectivity index is 2.50. The highest BCUT2D eigenvalue weighted by Crippen LogP contribution is 2.24. The fraction of sp³-hybridized carbons (Fsp3) is 0.300. The van der Waals surface area contributed by atoms with Gasteiger partial charge in [-0.1, -0.05) is 17.3 Å². The number of rotatable bonds is 5. The number of nitrogens with two attached hydrogens (primary N) is 1. The number of hydrogen-bond donors (Lipinski definition) is 3. The van der Waals surface area contributed by atoms with Gasteiger partial charge >= 0.3 is 0 Å². The highest BCUT2D eigenvalue weighted by molar-refractivity contribution is 7.98. The van der Waals surface area contributed by atoms with E-state index in [9.17, 15) is 0 Å². The molecule has 1 aromatic carbocycles. The Hall–Kier alpha value is -1.36. The molecule has 0 spiro atoms. The number of amidine groups is 1. The topological polar surface area (TPSA) is 70.6 Å². The molecule has 1 aromatic rings.